The van der Waals surface area contributed by atoms with Crippen molar-refractivity contribution in [1.82, 2.24) is 0 Å². The van der Waals surface area contributed by atoms with Crippen molar-refractivity contribution in [3.8, 4) is 11.5 Å². The van der Waals surface area contributed by atoms with Crippen molar-refractivity contribution in [3.05, 3.63) is 59.7 Å². The zero-order valence-electron chi connectivity index (χ0n) is 15.5. The number of phenols is 2. The molecule has 0 aliphatic carbocycles. The minimum absolute atomic E-state index is 0.286. The normalized spacial score (nSPS) is 11.6. The van der Waals surface area contributed by atoms with Crippen molar-refractivity contribution in [2.75, 3.05) is 13.1 Å². The van der Waals surface area contributed by atoms with E-state index in [-0.39, 0.29) is 11.5 Å². The first kappa shape index (κ1) is 21.1. The second-order valence-corrected chi connectivity index (χ2v) is 9.49. The van der Waals surface area contributed by atoms with Gasteiger partial charge in [0.15, 0.2) is 0 Å². The molecule has 0 aliphatic rings. The zero-order valence-corrected chi connectivity index (χ0v) is 17.5. The fourth-order valence-electron chi connectivity index (χ4n) is 2.38. The fraction of sp³-hybridized carbons (Fsp3) is 0.333. The van der Waals surface area contributed by atoms with Gasteiger partial charge in [-0.3, -0.25) is 9.98 Å². The molecule has 0 unspecified atom stereocenters. The minimum atomic E-state index is 0.286. The van der Waals surface area contributed by atoms with Crippen LogP contribution in [0.15, 0.2) is 58.5 Å². The molecule has 140 valence electrons. The quantitative estimate of drug-likeness (QED) is 0.324. The number of phenolic OH excluding ortho intramolecular Hbond substituents is 2. The van der Waals surface area contributed by atoms with Gasteiger partial charge in [0, 0.05) is 55.7 Å². The molecule has 0 heterocycles. The van der Waals surface area contributed by atoms with Crippen molar-refractivity contribution in [2.24, 2.45) is 9.98 Å². The molecule has 0 bridgehead atoms. The van der Waals surface area contributed by atoms with Crippen LogP contribution in [0.2, 0.25) is 17.8 Å². The maximum Gasteiger partial charge on any atom is 0.124 e. The summed E-state index contributed by atoms with van der Waals surface area (Å²) in [6.45, 7) is 1.65. The Kier molecular flexibility index (Phi) is 10.2. The van der Waals surface area contributed by atoms with E-state index in [2.05, 4.69) is 9.98 Å². The summed E-state index contributed by atoms with van der Waals surface area (Å²) in [5.74, 6) is 0.573. The average Bonchev–Trinajstić information content (AvgIpc) is 2.68. The Labute approximate surface area is 166 Å². The molecule has 0 spiro atoms. The van der Waals surface area contributed by atoms with Crippen molar-refractivity contribution >= 4 is 31.5 Å². The van der Waals surface area contributed by atoms with E-state index in [1.807, 2.05) is 36.4 Å². The highest BCUT2D eigenvalue weighted by molar-refractivity contribution is 6.55. The van der Waals surface area contributed by atoms with Gasteiger partial charge in [-0.1, -0.05) is 42.0 Å². The molecule has 0 aromatic heterocycles. The van der Waals surface area contributed by atoms with Gasteiger partial charge in [-0.05, 0) is 37.1 Å². The van der Waals surface area contributed by atoms with Gasteiger partial charge in [-0.25, -0.2) is 0 Å². The number of nitrogens with zero attached hydrogens (tertiary/aromatic N) is 2. The molecule has 0 amide bonds. The number of hydrogen-bond donors (Lipinski definition) is 2. The smallest absolute Gasteiger partial charge is 0.124 e. The molecular formula is C21H26N2O2Si2. The highest BCUT2D eigenvalue weighted by atomic mass is 28.3. The number of aromatic hydroxyl groups is 2. The summed E-state index contributed by atoms with van der Waals surface area (Å²) < 4.78 is 0. The molecule has 2 aromatic carbocycles. The van der Waals surface area contributed by atoms with Gasteiger partial charge in [0.1, 0.15) is 11.5 Å². The Hall–Kier alpha value is -2.19. The largest absolute Gasteiger partial charge is 0.507 e. The summed E-state index contributed by atoms with van der Waals surface area (Å²) in [5.41, 5.74) is 2.88. The Bertz CT molecular complexity index is 674. The standard InChI is InChI=1S/C21H26N2O2Si2/c24-20-9-3-1-7-18(20)15-22-11-5-13-26-17-27-14-6-12-23-16-19-8-2-4-10-21(19)25/h1-4,7-10,15-16,24-25H,5-6,11-14,17H2. The Morgan fingerprint density at radius 3 is 1.59 bits per heavy atom. The first-order chi connectivity index (χ1) is 13.3. The van der Waals surface area contributed by atoms with Gasteiger partial charge in [-0.15, -0.1) is 0 Å². The summed E-state index contributed by atoms with van der Waals surface area (Å²) in [6, 6.07) is 17.0. The van der Waals surface area contributed by atoms with Crippen molar-refractivity contribution in [1.29, 1.82) is 0 Å². The van der Waals surface area contributed by atoms with Gasteiger partial charge in [0.2, 0.25) is 0 Å². The van der Waals surface area contributed by atoms with Crippen LogP contribution in [0, 0.1) is 0 Å². The van der Waals surface area contributed by atoms with E-state index in [9.17, 15) is 10.2 Å². The number of aliphatic imine (C=N–C) groups is 2. The third-order valence-corrected chi connectivity index (χ3v) is 7.28. The lowest BCUT2D eigenvalue weighted by molar-refractivity contribution is 0.474. The number of para-hydroxylation sites is 2. The summed E-state index contributed by atoms with van der Waals surface area (Å²) in [7, 11) is 2.03. The fourth-order valence-corrected chi connectivity index (χ4v) is 5.31. The SMILES string of the molecule is Oc1ccccc1C=NCCC[Si]C[Si]CCCN=Cc1ccccc1O. The second-order valence-electron chi connectivity index (χ2n) is 6.07. The Balaban J connectivity index is 1.43. The van der Waals surface area contributed by atoms with Crippen LogP contribution in [0.5, 0.6) is 11.5 Å². The Morgan fingerprint density at radius 1 is 0.704 bits per heavy atom. The molecule has 0 fully saturated rings. The molecule has 2 N–H and O–H groups in total. The Morgan fingerprint density at radius 2 is 1.15 bits per heavy atom. The lowest BCUT2D eigenvalue weighted by Gasteiger charge is -1.99. The molecule has 4 radical (unpaired) electrons. The van der Waals surface area contributed by atoms with Crippen LogP contribution in [-0.2, 0) is 0 Å². The van der Waals surface area contributed by atoms with Crippen LogP contribution < -0.4 is 0 Å². The lowest BCUT2D eigenvalue weighted by Crippen LogP contribution is -1.99. The van der Waals surface area contributed by atoms with E-state index < -0.39 is 0 Å². The van der Waals surface area contributed by atoms with Crippen molar-refractivity contribution < 1.29 is 10.2 Å². The summed E-state index contributed by atoms with van der Waals surface area (Å²) in [6.07, 6.45) is 5.74. The average molecular weight is 395 g/mol. The van der Waals surface area contributed by atoms with E-state index in [0.29, 0.717) is 0 Å². The second kappa shape index (κ2) is 13.1. The molecule has 0 saturated carbocycles. The van der Waals surface area contributed by atoms with E-state index >= 15 is 0 Å². The molecule has 6 heteroatoms. The zero-order chi connectivity index (χ0) is 19.2. The van der Waals surface area contributed by atoms with Gasteiger partial charge in [-0.2, -0.15) is 0 Å². The first-order valence-corrected chi connectivity index (χ1v) is 12.1. The first-order valence-electron chi connectivity index (χ1n) is 9.24. The minimum Gasteiger partial charge on any atom is -0.507 e. The predicted molar refractivity (Wildman–Crippen MR) is 116 cm³/mol. The van der Waals surface area contributed by atoms with Crippen LogP contribution in [0.4, 0.5) is 0 Å². The monoisotopic (exact) mass is 394 g/mol. The molecule has 2 rings (SSSR count). The highest BCUT2D eigenvalue weighted by Crippen LogP contribution is 2.13. The van der Waals surface area contributed by atoms with E-state index in [1.165, 1.54) is 17.8 Å². The van der Waals surface area contributed by atoms with Gasteiger partial charge in [0.25, 0.3) is 0 Å². The third kappa shape index (κ3) is 8.83. The molecule has 0 saturated heterocycles. The topological polar surface area (TPSA) is 65.2 Å². The lowest BCUT2D eigenvalue weighted by atomic mass is 10.2. The van der Waals surface area contributed by atoms with E-state index in [1.54, 1.807) is 24.6 Å². The highest BCUT2D eigenvalue weighted by Gasteiger charge is 1.96. The maximum absolute atomic E-state index is 9.65. The van der Waals surface area contributed by atoms with Crippen molar-refractivity contribution in [2.45, 2.75) is 30.6 Å². The van der Waals surface area contributed by atoms with Crippen molar-refractivity contribution in [3.63, 3.8) is 0 Å². The van der Waals surface area contributed by atoms with E-state index in [4.69, 9.17) is 0 Å². The maximum atomic E-state index is 9.65. The molecule has 27 heavy (non-hydrogen) atoms. The predicted octanol–water partition coefficient (Wildman–Crippen LogP) is 4.04. The molecule has 0 atom stereocenters. The van der Waals surface area contributed by atoms with Crippen LogP contribution in [0.25, 0.3) is 0 Å². The van der Waals surface area contributed by atoms with Crippen LogP contribution in [-0.4, -0.2) is 54.8 Å². The van der Waals surface area contributed by atoms with Crippen LogP contribution in [0.3, 0.4) is 0 Å². The van der Waals surface area contributed by atoms with Crippen LogP contribution in [0.1, 0.15) is 24.0 Å². The number of hydrogen-bond acceptors (Lipinski definition) is 4. The summed E-state index contributed by atoms with van der Waals surface area (Å²) in [4.78, 5) is 8.78. The molecule has 0 aliphatic heterocycles. The number of benzene rings is 2. The van der Waals surface area contributed by atoms with Gasteiger partial charge in [0.05, 0.1) is 0 Å². The molecule has 2 aromatic rings. The van der Waals surface area contributed by atoms with Gasteiger partial charge >= 0.3 is 0 Å². The third-order valence-electron chi connectivity index (χ3n) is 3.87. The number of rotatable bonds is 12. The van der Waals surface area contributed by atoms with Gasteiger partial charge < -0.3 is 10.2 Å². The van der Waals surface area contributed by atoms with Crippen LogP contribution >= 0.6 is 0 Å². The summed E-state index contributed by atoms with van der Waals surface area (Å²) >= 11 is 0. The summed E-state index contributed by atoms with van der Waals surface area (Å²) in [5, 5.41) is 19.3. The molecular weight excluding hydrogens is 368 g/mol. The molecule has 4 nitrogen and oxygen atoms in total. The van der Waals surface area contributed by atoms with E-state index in [0.717, 1.165) is 56.1 Å².